The first kappa shape index (κ1) is 16.1. The van der Waals surface area contributed by atoms with E-state index in [1.807, 2.05) is 47.4 Å². The highest BCUT2D eigenvalue weighted by atomic mass is 16.6. The van der Waals surface area contributed by atoms with Gasteiger partial charge in [0.1, 0.15) is 11.9 Å². The molecule has 0 saturated carbocycles. The number of aromatic nitrogens is 1. The van der Waals surface area contributed by atoms with Gasteiger partial charge in [0.25, 0.3) is 5.91 Å². The predicted octanol–water partition coefficient (Wildman–Crippen LogP) is 2.92. The van der Waals surface area contributed by atoms with Crippen LogP contribution in [0.15, 0.2) is 54.9 Å². The fourth-order valence-electron chi connectivity index (χ4n) is 3.72. The molecule has 3 heterocycles. The molecular formula is C20H22N2O3. The van der Waals surface area contributed by atoms with Crippen LogP contribution >= 0.6 is 0 Å². The lowest BCUT2D eigenvalue weighted by atomic mass is 9.87. The molecule has 4 rings (SSSR count). The molecule has 130 valence electrons. The van der Waals surface area contributed by atoms with Gasteiger partial charge < -0.3 is 14.4 Å². The van der Waals surface area contributed by atoms with E-state index >= 15 is 0 Å². The van der Waals surface area contributed by atoms with Gasteiger partial charge in [-0.2, -0.15) is 0 Å². The molecule has 2 aliphatic heterocycles. The van der Waals surface area contributed by atoms with Crippen LogP contribution in [0.5, 0.6) is 5.75 Å². The van der Waals surface area contributed by atoms with Crippen LogP contribution < -0.4 is 4.74 Å². The summed E-state index contributed by atoms with van der Waals surface area (Å²) in [5, 5.41) is 0. The number of benzene rings is 1. The van der Waals surface area contributed by atoms with Crippen LogP contribution in [0.2, 0.25) is 0 Å². The summed E-state index contributed by atoms with van der Waals surface area (Å²) < 4.78 is 12.1. The Morgan fingerprint density at radius 3 is 2.68 bits per heavy atom. The second-order valence-electron chi connectivity index (χ2n) is 6.78. The Bertz CT molecular complexity index is 712. The van der Waals surface area contributed by atoms with Crippen molar-refractivity contribution in [3.8, 4) is 5.75 Å². The Hall–Kier alpha value is -2.40. The lowest BCUT2D eigenvalue weighted by Gasteiger charge is -2.38. The minimum absolute atomic E-state index is 0.0561. The largest absolute Gasteiger partial charge is 0.486 e. The predicted molar refractivity (Wildman–Crippen MR) is 93.5 cm³/mol. The molecule has 5 heteroatoms. The summed E-state index contributed by atoms with van der Waals surface area (Å²) >= 11 is 0. The van der Waals surface area contributed by atoms with Gasteiger partial charge in [-0.1, -0.05) is 18.2 Å². The van der Waals surface area contributed by atoms with Crippen molar-refractivity contribution in [2.45, 2.75) is 31.0 Å². The van der Waals surface area contributed by atoms with E-state index in [9.17, 15) is 4.79 Å². The lowest BCUT2D eigenvalue weighted by molar-refractivity contribution is -0.0395. The van der Waals surface area contributed by atoms with Gasteiger partial charge in [-0.15, -0.1) is 0 Å². The van der Waals surface area contributed by atoms with Crippen LogP contribution in [0.25, 0.3) is 0 Å². The molecule has 25 heavy (non-hydrogen) atoms. The topological polar surface area (TPSA) is 51.7 Å². The highest BCUT2D eigenvalue weighted by Crippen LogP contribution is 2.37. The van der Waals surface area contributed by atoms with E-state index in [0.717, 1.165) is 43.7 Å². The summed E-state index contributed by atoms with van der Waals surface area (Å²) in [4.78, 5) is 18.6. The minimum Gasteiger partial charge on any atom is -0.486 e. The van der Waals surface area contributed by atoms with Crippen LogP contribution in [0.1, 0.15) is 29.6 Å². The lowest BCUT2D eigenvalue weighted by Crippen LogP contribution is -2.46. The summed E-state index contributed by atoms with van der Waals surface area (Å²) in [6.07, 6.45) is 6.11. The zero-order valence-corrected chi connectivity index (χ0v) is 14.1. The fraction of sp³-hybridized carbons (Fsp3) is 0.400. The molecule has 0 radical (unpaired) electrons. The summed E-state index contributed by atoms with van der Waals surface area (Å²) in [6, 6.07) is 13.3. The van der Waals surface area contributed by atoms with Crippen molar-refractivity contribution in [2.24, 2.45) is 0 Å². The second kappa shape index (κ2) is 6.84. The molecule has 0 aliphatic carbocycles. The Morgan fingerprint density at radius 2 is 1.96 bits per heavy atom. The maximum atomic E-state index is 12.6. The van der Waals surface area contributed by atoms with E-state index in [1.165, 1.54) is 0 Å². The van der Waals surface area contributed by atoms with Gasteiger partial charge in [-0.05, 0) is 37.1 Å². The van der Waals surface area contributed by atoms with Crippen LogP contribution in [0, 0.1) is 0 Å². The Kier molecular flexibility index (Phi) is 4.40. The highest BCUT2D eigenvalue weighted by molar-refractivity contribution is 5.94. The average molecular weight is 338 g/mol. The first-order chi connectivity index (χ1) is 12.2. The molecule has 5 nitrogen and oxygen atoms in total. The number of likely N-dealkylation sites (tertiary alicyclic amines) is 1. The SMILES string of the molecule is O=C(c1ccccc1)N1CCC2(CC1)CC(Oc1cccnc1)CO2. The van der Waals surface area contributed by atoms with Crippen molar-refractivity contribution < 1.29 is 14.3 Å². The van der Waals surface area contributed by atoms with E-state index in [0.29, 0.717) is 6.61 Å². The molecule has 1 unspecified atom stereocenters. The smallest absolute Gasteiger partial charge is 0.253 e. The van der Waals surface area contributed by atoms with Gasteiger partial charge in [0, 0.05) is 31.3 Å². The number of carbonyl (C=O) groups is 1. The zero-order chi connectivity index (χ0) is 17.1. The summed E-state index contributed by atoms with van der Waals surface area (Å²) in [5.74, 6) is 0.890. The minimum atomic E-state index is -0.152. The van der Waals surface area contributed by atoms with Gasteiger partial charge in [-0.25, -0.2) is 0 Å². The van der Waals surface area contributed by atoms with E-state index in [1.54, 1.807) is 12.4 Å². The number of piperidine rings is 1. The van der Waals surface area contributed by atoms with Crippen molar-refractivity contribution in [1.29, 1.82) is 0 Å². The van der Waals surface area contributed by atoms with Gasteiger partial charge in [-0.3, -0.25) is 9.78 Å². The second-order valence-corrected chi connectivity index (χ2v) is 6.78. The molecule has 0 bridgehead atoms. The molecule has 0 N–H and O–H groups in total. The van der Waals surface area contributed by atoms with E-state index in [-0.39, 0.29) is 17.6 Å². The van der Waals surface area contributed by atoms with Crippen molar-refractivity contribution >= 4 is 5.91 Å². The van der Waals surface area contributed by atoms with Crippen molar-refractivity contribution in [3.63, 3.8) is 0 Å². The van der Waals surface area contributed by atoms with Crippen LogP contribution in [-0.2, 0) is 4.74 Å². The van der Waals surface area contributed by atoms with Gasteiger partial charge in [0.05, 0.1) is 18.4 Å². The molecule has 2 aromatic rings. The van der Waals surface area contributed by atoms with E-state index in [4.69, 9.17) is 9.47 Å². The van der Waals surface area contributed by atoms with Crippen molar-refractivity contribution in [3.05, 3.63) is 60.4 Å². The van der Waals surface area contributed by atoms with Crippen LogP contribution in [0.3, 0.4) is 0 Å². The van der Waals surface area contributed by atoms with Gasteiger partial charge in [0.2, 0.25) is 0 Å². The molecule has 1 aromatic carbocycles. The van der Waals surface area contributed by atoms with Gasteiger partial charge in [0.15, 0.2) is 0 Å². The number of amides is 1. The molecule has 1 spiro atoms. The summed E-state index contributed by atoms with van der Waals surface area (Å²) in [5.41, 5.74) is 0.601. The summed E-state index contributed by atoms with van der Waals surface area (Å²) in [7, 11) is 0. The Balaban J connectivity index is 1.33. The standard InChI is InChI=1S/C20H22N2O3/c23-19(16-5-2-1-3-6-16)22-11-8-20(9-12-22)13-18(15-24-20)25-17-7-4-10-21-14-17/h1-7,10,14,18H,8-9,11-13,15H2. The number of nitrogens with zero attached hydrogens (tertiary/aromatic N) is 2. The average Bonchev–Trinajstić information content (AvgIpc) is 3.05. The number of hydrogen-bond donors (Lipinski definition) is 0. The first-order valence-corrected chi connectivity index (χ1v) is 8.79. The molecule has 2 fully saturated rings. The van der Waals surface area contributed by atoms with Crippen molar-refractivity contribution in [1.82, 2.24) is 9.88 Å². The molecule has 1 aromatic heterocycles. The third-order valence-corrected chi connectivity index (χ3v) is 5.09. The van der Waals surface area contributed by atoms with Crippen molar-refractivity contribution in [2.75, 3.05) is 19.7 Å². The van der Waals surface area contributed by atoms with Gasteiger partial charge >= 0.3 is 0 Å². The summed E-state index contributed by atoms with van der Waals surface area (Å²) in [6.45, 7) is 2.06. The normalized spacial score (nSPS) is 22.1. The molecular weight excluding hydrogens is 316 g/mol. The third kappa shape index (κ3) is 3.51. The number of pyridine rings is 1. The quantitative estimate of drug-likeness (QED) is 0.863. The molecule has 2 aliphatic rings. The highest BCUT2D eigenvalue weighted by Gasteiger charge is 2.44. The first-order valence-electron chi connectivity index (χ1n) is 8.79. The Morgan fingerprint density at radius 1 is 1.16 bits per heavy atom. The van der Waals surface area contributed by atoms with Crippen LogP contribution in [-0.4, -0.2) is 47.2 Å². The van der Waals surface area contributed by atoms with E-state index < -0.39 is 0 Å². The van der Waals surface area contributed by atoms with Crippen LogP contribution in [0.4, 0.5) is 0 Å². The zero-order valence-electron chi connectivity index (χ0n) is 14.1. The third-order valence-electron chi connectivity index (χ3n) is 5.09. The number of carbonyl (C=O) groups excluding carboxylic acids is 1. The maximum absolute atomic E-state index is 12.6. The fourth-order valence-corrected chi connectivity index (χ4v) is 3.72. The number of hydrogen-bond acceptors (Lipinski definition) is 4. The molecule has 2 saturated heterocycles. The molecule has 1 atom stereocenters. The maximum Gasteiger partial charge on any atom is 0.253 e. The number of rotatable bonds is 3. The number of ether oxygens (including phenoxy) is 2. The Labute approximate surface area is 147 Å². The van der Waals surface area contributed by atoms with E-state index in [2.05, 4.69) is 4.98 Å². The molecule has 1 amide bonds. The monoisotopic (exact) mass is 338 g/mol.